The number of carbonyl (C=O) groups is 1. The minimum absolute atomic E-state index is 0.218. The third kappa shape index (κ3) is 5.34. The van der Waals surface area contributed by atoms with Crippen molar-refractivity contribution in [3.8, 4) is 0 Å². The van der Waals surface area contributed by atoms with Crippen molar-refractivity contribution in [3.63, 3.8) is 0 Å². The van der Waals surface area contributed by atoms with Crippen LogP contribution in [-0.4, -0.2) is 63.9 Å². The zero-order valence-corrected chi connectivity index (χ0v) is 16.1. The van der Waals surface area contributed by atoms with Gasteiger partial charge in [0, 0.05) is 38.1 Å². The molecule has 1 fully saturated rings. The van der Waals surface area contributed by atoms with Crippen LogP contribution in [0.15, 0.2) is 17.4 Å². The van der Waals surface area contributed by atoms with E-state index in [1.54, 1.807) is 24.2 Å². The van der Waals surface area contributed by atoms with E-state index in [2.05, 4.69) is 21.9 Å². The maximum atomic E-state index is 12.3. The highest BCUT2D eigenvalue weighted by Gasteiger charge is 2.29. The van der Waals surface area contributed by atoms with Gasteiger partial charge in [-0.2, -0.15) is 0 Å². The van der Waals surface area contributed by atoms with Gasteiger partial charge in [-0.05, 0) is 46.9 Å². The summed E-state index contributed by atoms with van der Waals surface area (Å²) >= 11 is 1.61. The van der Waals surface area contributed by atoms with E-state index in [0.717, 1.165) is 36.7 Å². The Morgan fingerprint density at radius 3 is 2.79 bits per heavy atom. The summed E-state index contributed by atoms with van der Waals surface area (Å²) in [6.45, 7) is 7.89. The molecule has 2 heterocycles. The number of ether oxygens (including phenoxy) is 1. The zero-order valence-electron chi connectivity index (χ0n) is 15.3. The van der Waals surface area contributed by atoms with Gasteiger partial charge in [-0.15, -0.1) is 11.8 Å². The van der Waals surface area contributed by atoms with Crippen molar-refractivity contribution in [2.24, 2.45) is 0 Å². The van der Waals surface area contributed by atoms with E-state index in [4.69, 9.17) is 4.74 Å². The highest BCUT2D eigenvalue weighted by atomic mass is 32.2. The van der Waals surface area contributed by atoms with E-state index in [9.17, 15) is 4.79 Å². The van der Waals surface area contributed by atoms with Gasteiger partial charge in [-0.3, -0.25) is 9.88 Å². The Morgan fingerprint density at radius 2 is 2.12 bits per heavy atom. The van der Waals surface area contributed by atoms with Crippen LogP contribution in [0, 0.1) is 0 Å². The standard InChI is InChI=1S/C17H28N4O2S/c1-17(2,3)23-16(22)21-10-6-7-13(11-21)20(4)12-14-15(24-5)19-9-8-18-14/h8-9,13H,6-7,10-12H2,1-5H3/t13-/m1/s1. The molecule has 1 aliphatic heterocycles. The van der Waals surface area contributed by atoms with Crippen molar-refractivity contribution in [2.75, 3.05) is 26.4 Å². The van der Waals surface area contributed by atoms with Crippen molar-refractivity contribution in [1.82, 2.24) is 19.8 Å². The highest BCUT2D eigenvalue weighted by molar-refractivity contribution is 7.98. The molecule has 0 aromatic carbocycles. The molecule has 134 valence electrons. The van der Waals surface area contributed by atoms with Gasteiger partial charge in [-0.25, -0.2) is 9.78 Å². The first-order chi connectivity index (χ1) is 11.3. The minimum atomic E-state index is -0.456. The lowest BCUT2D eigenvalue weighted by molar-refractivity contribution is 0.0119. The third-order valence-electron chi connectivity index (χ3n) is 4.00. The summed E-state index contributed by atoms with van der Waals surface area (Å²) < 4.78 is 5.50. The summed E-state index contributed by atoms with van der Waals surface area (Å²) in [4.78, 5) is 25.2. The number of hydrogen-bond donors (Lipinski definition) is 0. The van der Waals surface area contributed by atoms with Gasteiger partial charge in [0.15, 0.2) is 0 Å². The molecular weight excluding hydrogens is 324 g/mol. The Morgan fingerprint density at radius 1 is 1.42 bits per heavy atom. The lowest BCUT2D eigenvalue weighted by atomic mass is 10.0. The number of thioether (sulfide) groups is 1. The number of nitrogens with zero attached hydrogens (tertiary/aromatic N) is 4. The smallest absolute Gasteiger partial charge is 0.410 e. The Balaban J connectivity index is 1.97. The molecule has 0 aliphatic carbocycles. The van der Waals surface area contributed by atoms with Crippen molar-refractivity contribution < 1.29 is 9.53 Å². The van der Waals surface area contributed by atoms with Crippen molar-refractivity contribution in [1.29, 1.82) is 0 Å². The fraction of sp³-hybridized carbons (Fsp3) is 0.706. The number of carbonyl (C=O) groups excluding carboxylic acids is 1. The van der Waals surface area contributed by atoms with Crippen LogP contribution in [0.25, 0.3) is 0 Å². The molecule has 1 aromatic heterocycles. The number of piperidine rings is 1. The van der Waals surface area contributed by atoms with Gasteiger partial charge in [0.1, 0.15) is 10.6 Å². The molecule has 0 spiro atoms. The van der Waals surface area contributed by atoms with Crippen LogP contribution < -0.4 is 0 Å². The molecular formula is C17H28N4O2S. The lowest BCUT2D eigenvalue weighted by Gasteiger charge is -2.38. The quantitative estimate of drug-likeness (QED) is 0.776. The molecule has 1 amide bonds. The normalized spacial score (nSPS) is 18.8. The van der Waals surface area contributed by atoms with E-state index < -0.39 is 5.60 Å². The van der Waals surface area contributed by atoms with Crippen LogP contribution in [-0.2, 0) is 11.3 Å². The van der Waals surface area contributed by atoms with Gasteiger partial charge in [0.2, 0.25) is 0 Å². The number of hydrogen-bond acceptors (Lipinski definition) is 6. The second kappa shape index (κ2) is 8.16. The van der Waals surface area contributed by atoms with Gasteiger partial charge >= 0.3 is 6.09 Å². The second-order valence-electron chi connectivity index (χ2n) is 7.15. The lowest BCUT2D eigenvalue weighted by Crippen LogP contribution is -2.49. The Labute approximate surface area is 149 Å². The molecule has 0 bridgehead atoms. The van der Waals surface area contributed by atoms with Crippen molar-refractivity contribution in [2.45, 2.75) is 56.8 Å². The van der Waals surface area contributed by atoms with Crippen molar-refractivity contribution >= 4 is 17.9 Å². The Kier molecular flexibility index (Phi) is 6.46. The summed E-state index contributed by atoms with van der Waals surface area (Å²) in [5, 5.41) is 0.962. The SMILES string of the molecule is CSc1nccnc1CN(C)[C@@H]1CCCN(C(=O)OC(C)(C)C)C1. The molecule has 0 saturated carbocycles. The highest BCUT2D eigenvalue weighted by Crippen LogP contribution is 2.21. The molecule has 0 radical (unpaired) electrons. The van der Waals surface area contributed by atoms with E-state index in [1.807, 2.05) is 31.9 Å². The largest absolute Gasteiger partial charge is 0.444 e. The molecule has 0 N–H and O–H groups in total. The number of amides is 1. The van der Waals surface area contributed by atoms with Crippen LogP contribution >= 0.6 is 11.8 Å². The first-order valence-electron chi connectivity index (χ1n) is 8.32. The van der Waals surface area contributed by atoms with E-state index in [1.165, 1.54) is 0 Å². The predicted molar refractivity (Wildman–Crippen MR) is 96.1 cm³/mol. The topological polar surface area (TPSA) is 58.6 Å². The first kappa shape index (κ1) is 19.0. The number of likely N-dealkylation sites (N-methyl/N-ethyl adjacent to an activating group) is 1. The second-order valence-corrected chi connectivity index (χ2v) is 7.94. The maximum Gasteiger partial charge on any atom is 0.410 e. The first-order valence-corrected chi connectivity index (χ1v) is 9.54. The van der Waals surface area contributed by atoms with Crippen LogP contribution in [0.4, 0.5) is 4.79 Å². The van der Waals surface area contributed by atoms with E-state index >= 15 is 0 Å². The average Bonchev–Trinajstić information content (AvgIpc) is 2.54. The minimum Gasteiger partial charge on any atom is -0.444 e. The van der Waals surface area contributed by atoms with Gasteiger partial charge in [-0.1, -0.05) is 0 Å². The Bertz CT molecular complexity index is 562. The Hall–Kier alpha value is -1.34. The molecule has 1 aliphatic rings. The maximum absolute atomic E-state index is 12.3. The molecule has 7 heteroatoms. The summed E-state index contributed by atoms with van der Waals surface area (Å²) in [6.07, 6.45) is 7.31. The zero-order chi connectivity index (χ0) is 17.7. The van der Waals surface area contributed by atoms with Gasteiger partial charge < -0.3 is 9.64 Å². The van der Waals surface area contributed by atoms with Gasteiger partial charge in [0.05, 0.1) is 5.69 Å². The van der Waals surface area contributed by atoms with Crippen molar-refractivity contribution in [3.05, 3.63) is 18.1 Å². The van der Waals surface area contributed by atoms with Crippen LogP contribution in [0.2, 0.25) is 0 Å². The molecule has 6 nitrogen and oxygen atoms in total. The average molecular weight is 353 g/mol. The fourth-order valence-electron chi connectivity index (χ4n) is 2.81. The van der Waals surface area contributed by atoms with Crippen LogP contribution in [0.1, 0.15) is 39.3 Å². The fourth-order valence-corrected chi connectivity index (χ4v) is 3.32. The predicted octanol–water partition coefficient (Wildman–Crippen LogP) is 3.03. The molecule has 2 rings (SSSR count). The number of aromatic nitrogens is 2. The van der Waals surface area contributed by atoms with Crippen LogP contribution in [0.5, 0.6) is 0 Å². The number of rotatable bonds is 4. The van der Waals surface area contributed by atoms with Gasteiger partial charge in [0.25, 0.3) is 0 Å². The third-order valence-corrected chi connectivity index (χ3v) is 4.73. The molecule has 1 atom stereocenters. The summed E-state index contributed by atoms with van der Waals surface area (Å²) in [5.41, 5.74) is 0.532. The number of likely N-dealkylation sites (tertiary alicyclic amines) is 1. The molecule has 0 unspecified atom stereocenters. The summed E-state index contributed by atoms with van der Waals surface area (Å²) in [6, 6.07) is 0.308. The van der Waals surface area contributed by atoms with E-state index in [-0.39, 0.29) is 6.09 Å². The molecule has 1 aromatic rings. The van der Waals surface area contributed by atoms with Crippen LogP contribution in [0.3, 0.4) is 0 Å². The monoisotopic (exact) mass is 352 g/mol. The summed E-state index contributed by atoms with van der Waals surface area (Å²) in [7, 11) is 2.09. The molecule has 24 heavy (non-hydrogen) atoms. The van der Waals surface area contributed by atoms with E-state index in [0.29, 0.717) is 12.6 Å². The molecule has 1 saturated heterocycles. The summed E-state index contributed by atoms with van der Waals surface area (Å²) in [5.74, 6) is 0.